The van der Waals surface area contributed by atoms with E-state index >= 15 is 0 Å². The summed E-state index contributed by atoms with van der Waals surface area (Å²) >= 11 is 6.45. The van der Waals surface area contributed by atoms with E-state index in [9.17, 15) is 9.59 Å². The van der Waals surface area contributed by atoms with E-state index in [1.807, 2.05) is 0 Å². The van der Waals surface area contributed by atoms with Gasteiger partial charge in [-0.3, -0.25) is 4.79 Å². The van der Waals surface area contributed by atoms with E-state index < -0.39 is 11.5 Å². The zero-order valence-corrected chi connectivity index (χ0v) is 13.5. The Morgan fingerprint density at radius 3 is 2.57 bits per heavy atom. The molecule has 0 bridgehead atoms. The number of carbonyl (C=O) groups is 1. The molecule has 2 heterocycles. The van der Waals surface area contributed by atoms with Crippen LogP contribution >= 0.6 is 31.9 Å². The Morgan fingerprint density at radius 1 is 1.05 bits per heavy atom. The van der Waals surface area contributed by atoms with E-state index in [-0.39, 0.29) is 11.4 Å². The molecule has 1 aromatic carbocycles. The van der Waals surface area contributed by atoms with E-state index in [1.54, 1.807) is 30.3 Å². The van der Waals surface area contributed by atoms with Crippen LogP contribution < -0.4 is 10.9 Å². The zero-order valence-electron chi connectivity index (χ0n) is 10.4. The molecule has 0 fully saturated rings. The quantitative estimate of drug-likeness (QED) is 0.641. The summed E-state index contributed by atoms with van der Waals surface area (Å²) in [5, 5.41) is 3.17. The van der Waals surface area contributed by atoms with Crippen molar-refractivity contribution in [2.24, 2.45) is 0 Å². The second-order valence-corrected chi connectivity index (χ2v) is 5.88. The van der Waals surface area contributed by atoms with Crippen LogP contribution in [0.1, 0.15) is 10.6 Å². The summed E-state index contributed by atoms with van der Waals surface area (Å²) in [5.74, 6) is -0.432. The second kappa shape index (κ2) is 5.50. The van der Waals surface area contributed by atoms with Crippen LogP contribution in [-0.2, 0) is 0 Å². The van der Waals surface area contributed by atoms with Crippen LogP contribution in [0.4, 0.5) is 5.69 Å². The van der Waals surface area contributed by atoms with E-state index in [1.165, 1.54) is 6.07 Å². The SMILES string of the molecule is O=C(Nc1cc2cc(Br)ccc2oc1=O)c1ccc(Br)o1. The van der Waals surface area contributed by atoms with E-state index in [2.05, 4.69) is 37.2 Å². The van der Waals surface area contributed by atoms with Crippen molar-refractivity contribution >= 4 is 54.4 Å². The molecule has 0 radical (unpaired) electrons. The van der Waals surface area contributed by atoms with Gasteiger partial charge in [0.1, 0.15) is 11.3 Å². The van der Waals surface area contributed by atoms with Gasteiger partial charge in [0.15, 0.2) is 10.4 Å². The van der Waals surface area contributed by atoms with E-state index in [4.69, 9.17) is 8.83 Å². The van der Waals surface area contributed by atoms with Gasteiger partial charge in [-0.15, -0.1) is 0 Å². The highest BCUT2D eigenvalue weighted by Gasteiger charge is 2.14. The molecule has 1 N–H and O–H groups in total. The number of hydrogen-bond donors (Lipinski definition) is 1. The first-order valence-electron chi connectivity index (χ1n) is 5.83. The smallest absolute Gasteiger partial charge is 0.360 e. The summed E-state index contributed by atoms with van der Waals surface area (Å²) in [6.45, 7) is 0. The monoisotopic (exact) mass is 411 g/mol. The summed E-state index contributed by atoms with van der Waals surface area (Å²) in [6, 6.07) is 9.88. The molecule has 5 nitrogen and oxygen atoms in total. The maximum absolute atomic E-state index is 12.0. The Bertz CT molecular complexity index is 897. The molecule has 0 atom stereocenters. The van der Waals surface area contributed by atoms with E-state index in [0.29, 0.717) is 15.6 Å². The molecule has 0 spiro atoms. The Balaban J connectivity index is 1.98. The number of furan rings is 1. The largest absolute Gasteiger partial charge is 0.444 e. The molecule has 0 aliphatic carbocycles. The van der Waals surface area contributed by atoms with Gasteiger partial charge in [-0.2, -0.15) is 0 Å². The third-order valence-corrected chi connectivity index (χ3v) is 3.66. The molecule has 3 rings (SSSR count). The number of amides is 1. The normalized spacial score (nSPS) is 10.8. The first-order valence-corrected chi connectivity index (χ1v) is 7.41. The van der Waals surface area contributed by atoms with Gasteiger partial charge in [-0.05, 0) is 52.3 Å². The van der Waals surface area contributed by atoms with Crippen molar-refractivity contribution in [3.05, 3.63) is 61.7 Å². The Morgan fingerprint density at radius 2 is 1.86 bits per heavy atom. The summed E-state index contributed by atoms with van der Waals surface area (Å²) in [5.41, 5.74) is -0.121. The first-order chi connectivity index (χ1) is 10.0. The highest BCUT2D eigenvalue weighted by Crippen LogP contribution is 2.21. The Labute approximate surface area is 135 Å². The van der Waals surface area contributed by atoms with Crippen molar-refractivity contribution in [1.29, 1.82) is 0 Å². The minimum Gasteiger partial charge on any atom is -0.444 e. The van der Waals surface area contributed by atoms with Crippen molar-refractivity contribution in [3.8, 4) is 0 Å². The average molecular weight is 413 g/mol. The molecular weight excluding hydrogens is 406 g/mol. The third kappa shape index (κ3) is 2.93. The van der Waals surface area contributed by atoms with Crippen LogP contribution in [-0.4, -0.2) is 5.91 Å². The number of rotatable bonds is 2. The molecule has 0 aliphatic heterocycles. The summed E-state index contributed by atoms with van der Waals surface area (Å²) in [7, 11) is 0. The van der Waals surface area contributed by atoms with Crippen LogP contribution in [0.15, 0.2) is 59.2 Å². The summed E-state index contributed by atoms with van der Waals surface area (Å²) < 4.78 is 11.6. The minimum absolute atomic E-state index is 0.0538. The highest BCUT2D eigenvalue weighted by atomic mass is 79.9. The molecule has 0 saturated heterocycles. The van der Waals surface area contributed by atoms with Gasteiger partial charge >= 0.3 is 5.63 Å². The molecule has 3 aromatic rings. The molecule has 21 heavy (non-hydrogen) atoms. The summed E-state index contributed by atoms with van der Waals surface area (Å²) in [6.07, 6.45) is 0. The van der Waals surface area contributed by atoms with Crippen molar-refractivity contribution in [2.45, 2.75) is 0 Å². The molecule has 0 aliphatic rings. The number of fused-ring (bicyclic) bond motifs is 1. The Kier molecular flexibility index (Phi) is 3.69. The topological polar surface area (TPSA) is 72.5 Å². The lowest BCUT2D eigenvalue weighted by atomic mass is 10.2. The fourth-order valence-electron chi connectivity index (χ4n) is 1.80. The molecule has 2 aromatic heterocycles. The third-order valence-electron chi connectivity index (χ3n) is 2.74. The van der Waals surface area contributed by atoms with Crippen molar-refractivity contribution in [1.82, 2.24) is 0 Å². The van der Waals surface area contributed by atoms with Crippen LogP contribution in [0.25, 0.3) is 11.0 Å². The molecule has 0 saturated carbocycles. The lowest BCUT2D eigenvalue weighted by molar-refractivity contribution is 0.0995. The first kappa shape index (κ1) is 14.1. The number of nitrogens with one attached hydrogen (secondary N) is 1. The maximum Gasteiger partial charge on any atom is 0.360 e. The molecule has 7 heteroatoms. The fourth-order valence-corrected chi connectivity index (χ4v) is 2.49. The Hall–Kier alpha value is -1.86. The van der Waals surface area contributed by atoms with E-state index in [0.717, 1.165) is 4.47 Å². The van der Waals surface area contributed by atoms with Gasteiger partial charge in [0, 0.05) is 9.86 Å². The lowest BCUT2D eigenvalue weighted by Gasteiger charge is -2.03. The van der Waals surface area contributed by atoms with Crippen molar-refractivity contribution in [3.63, 3.8) is 0 Å². The van der Waals surface area contributed by atoms with Crippen LogP contribution in [0.2, 0.25) is 0 Å². The fraction of sp³-hybridized carbons (Fsp3) is 0. The molecule has 0 unspecified atom stereocenters. The highest BCUT2D eigenvalue weighted by molar-refractivity contribution is 9.10. The number of anilines is 1. The lowest BCUT2D eigenvalue weighted by Crippen LogP contribution is -2.17. The number of carbonyl (C=O) groups excluding carboxylic acids is 1. The number of halogens is 2. The predicted octanol–water partition coefficient (Wildman–Crippen LogP) is 4.16. The maximum atomic E-state index is 12.0. The molecule has 106 valence electrons. The van der Waals surface area contributed by atoms with Crippen molar-refractivity contribution < 1.29 is 13.6 Å². The summed E-state index contributed by atoms with van der Waals surface area (Å²) in [4.78, 5) is 23.8. The number of hydrogen-bond acceptors (Lipinski definition) is 4. The second-order valence-electron chi connectivity index (χ2n) is 4.19. The van der Waals surface area contributed by atoms with Gasteiger partial charge in [-0.1, -0.05) is 15.9 Å². The zero-order chi connectivity index (χ0) is 15.0. The average Bonchev–Trinajstić information content (AvgIpc) is 2.87. The van der Waals surface area contributed by atoms with Gasteiger partial charge in [0.2, 0.25) is 0 Å². The van der Waals surface area contributed by atoms with Gasteiger partial charge < -0.3 is 14.2 Å². The molecule has 1 amide bonds. The molecular formula is C14H7Br2NO4. The minimum atomic E-state index is -0.621. The van der Waals surface area contributed by atoms with Crippen LogP contribution in [0.5, 0.6) is 0 Å². The standard InChI is InChI=1S/C14H7Br2NO4/c15-8-1-2-10-7(5-8)6-9(14(19)21-10)17-13(18)11-3-4-12(16)20-11/h1-6H,(H,17,18). The number of benzene rings is 1. The van der Waals surface area contributed by atoms with Crippen LogP contribution in [0.3, 0.4) is 0 Å². The van der Waals surface area contributed by atoms with Crippen molar-refractivity contribution in [2.75, 3.05) is 5.32 Å². The van der Waals surface area contributed by atoms with Crippen LogP contribution in [0, 0.1) is 0 Å². The predicted molar refractivity (Wildman–Crippen MR) is 84.5 cm³/mol. The van der Waals surface area contributed by atoms with Gasteiger partial charge in [0.25, 0.3) is 5.91 Å². The van der Waals surface area contributed by atoms with Gasteiger partial charge in [0.05, 0.1) is 0 Å². The van der Waals surface area contributed by atoms with Gasteiger partial charge in [-0.25, -0.2) is 4.79 Å².